The van der Waals surface area contributed by atoms with Gasteiger partial charge in [-0.3, -0.25) is 0 Å². The Morgan fingerprint density at radius 2 is 2.29 bits per heavy atom. The van der Waals surface area contributed by atoms with Crippen molar-refractivity contribution < 1.29 is 9.84 Å². The monoisotopic (exact) mass is 199 g/mol. The molecule has 0 fully saturated rings. The molecule has 0 atom stereocenters. The second kappa shape index (κ2) is 5.72. The Bertz CT molecular complexity index is 273. The molecule has 0 aromatic carbocycles. The maximum Gasteiger partial charge on any atom is 0.111 e. The molecule has 1 rings (SSSR count). The molecule has 5 heteroatoms. The molecule has 0 bridgehead atoms. The highest BCUT2D eigenvalue weighted by Crippen LogP contribution is 2.08. The van der Waals surface area contributed by atoms with Crippen molar-refractivity contribution in [1.29, 1.82) is 0 Å². The summed E-state index contributed by atoms with van der Waals surface area (Å²) in [6, 6.07) is 0. The Kier molecular flexibility index (Phi) is 4.55. The van der Waals surface area contributed by atoms with Crippen LogP contribution in [0.5, 0.6) is 0 Å². The fourth-order valence-electron chi connectivity index (χ4n) is 1.36. The van der Waals surface area contributed by atoms with Crippen LogP contribution in [-0.2, 0) is 24.3 Å². The van der Waals surface area contributed by atoms with Crippen molar-refractivity contribution in [3.8, 4) is 0 Å². The summed E-state index contributed by atoms with van der Waals surface area (Å²) in [6.07, 6.45) is 1.92. The van der Waals surface area contributed by atoms with E-state index >= 15 is 0 Å². The number of aromatic nitrogens is 3. The molecule has 0 saturated heterocycles. The summed E-state index contributed by atoms with van der Waals surface area (Å²) >= 11 is 0. The van der Waals surface area contributed by atoms with Crippen LogP contribution in [-0.4, -0.2) is 33.8 Å². The fourth-order valence-corrected chi connectivity index (χ4v) is 1.36. The zero-order chi connectivity index (χ0) is 10.4. The molecule has 1 N–H and O–H groups in total. The number of hydrogen-bond donors (Lipinski definition) is 1. The maximum absolute atomic E-state index is 9.04. The third-order valence-corrected chi connectivity index (χ3v) is 2.06. The lowest BCUT2D eigenvalue weighted by Crippen LogP contribution is -2.10. The molecule has 14 heavy (non-hydrogen) atoms. The minimum Gasteiger partial charge on any atom is -0.390 e. The van der Waals surface area contributed by atoms with E-state index in [9.17, 15) is 0 Å². The van der Waals surface area contributed by atoms with Crippen molar-refractivity contribution in [2.24, 2.45) is 0 Å². The Hall–Kier alpha value is -0.940. The zero-order valence-electron chi connectivity index (χ0n) is 8.73. The first-order valence-corrected chi connectivity index (χ1v) is 4.84. The van der Waals surface area contributed by atoms with Crippen LogP contribution >= 0.6 is 0 Å². The normalized spacial score (nSPS) is 10.8. The standard InChI is InChI=1S/C9H17N3O2/c1-3-4-9-8(7-13)10-11-12(9)5-6-14-2/h13H,3-7H2,1-2H3. The number of methoxy groups -OCH3 is 1. The first-order chi connectivity index (χ1) is 6.83. The van der Waals surface area contributed by atoms with Gasteiger partial charge in [0.2, 0.25) is 0 Å². The maximum atomic E-state index is 9.04. The van der Waals surface area contributed by atoms with E-state index in [4.69, 9.17) is 9.84 Å². The third-order valence-electron chi connectivity index (χ3n) is 2.06. The van der Waals surface area contributed by atoms with E-state index < -0.39 is 0 Å². The summed E-state index contributed by atoms with van der Waals surface area (Å²) in [4.78, 5) is 0. The Balaban J connectivity index is 2.75. The van der Waals surface area contributed by atoms with E-state index in [-0.39, 0.29) is 6.61 Å². The number of aliphatic hydroxyl groups is 1. The number of rotatable bonds is 6. The highest BCUT2D eigenvalue weighted by Gasteiger charge is 2.10. The molecule has 5 nitrogen and oxygen atoms in total. The minimum absolute atomic E-state index is 0.0394. The van der Waals surface area contributed by atoms with Crippen LogP contribution in [0, 0.1) is 0 Å². The van der Waals surface area contributed by atoms with Gasteiger partial charge in [-0.1, -0.05) is 18.6 Å². The second-order valence-electron chi connectivity index (χ2n) is 3.11. The molecule has 0 unspecified atom stereocenters. The van der Waals surface area contributed by atoms with Crippen LogP contribution < -0.4 is 0 Å². The van der Waals surface area contributed by atoms with Crippen LogP contribution in [0.2, 0.25) is 0 Å². The van der Waals surface area contributed by atoms with Crippen molar-refractivity contribution in [2.45, 2.75) is 32.9 Å². The lowest BCUT2D eigenvalue weighted by atomic mass is 10.2. The lowest BCUT2D eigenvalue weighted by Gasteiger charge is -2.05. The summed E-state index contributed by atoms with van der Waals surface area (Å²) < 4.78 is 6.77. The van der Waals surface area contributed by atoms with Gasteiger partial charge in [-0.15, -0.1) is 5.10 Å². The molecule has 80 valence electrons. The van der Waals surface area contributed by atoms with Gasteiger partial charge in [0.25, 0.3) is 0 Å². The molecule has 1 heterocycles. The van der Waals surface area contributed by atoms with Crippen molar-refractivity contribution in [1.82, 2.24) is 15.0 Å². The average molecular weight is 199 g/mol. The number of ether oxygens (including phenoxy) is 1. The molecule has 0 aliphatic heterocycles. The first-order valence-electron chi connectivity index (χ1n) is 4.84. The molecular formula is C9H17N3O2. The van der Waals surface area contributed by atoms with Crippen molar-refractivity contribution in [3.05, 3.63) is 11.4 Å². The van der Waals surface area contributed by atoms with Gasteiger partial charge in [0.1, 0.15) is 5.69 Å². The molecule has 0 aliphatic rings. The minimum atomic E-state index is -0.0394. The van der Waals surface area contributed by atoms with Crippen LogP contribution in [0.25, 0.3) is 0 Å². The second-order valence-corrected chi connectivity index (χ2v) is 3.11. The predicted molar refractivity (Wildman–Crippen MR) is 51.8 cm³/mol. The van der Waals surface area contributed by atoms with E-state index in [1.54, 1.807) is 11.8 Å². The lowest BCUT2D eigenvalue weighted by molar-refractivity contribution is 0.181. The van der Waals surface area contributed by atoms with Gasteiger partial charge >= 0.3 is 0 Å². The van der Waals surface area contributed by atoms with E-state index in [1.807, 2.05) is 0 Å². The van der Waals surface area contributed by atoms with Gasteiger partial charge in [0.15, 0.2) is 0 Å². The summed E-state index contributed by atoms with van der Waals surface area (Å²) in [7, 11) is 1.66. The Labute approximate surface area is 83.7 Å². The Morgan fingerprint density at radius 1 is 1.50 bits per heavy atom. The van der Waals surface area contributed by atoms with Gasteiger partial charge in [0, 0.05) is 7.11 Å². The number of aliphatic hydroxyl groups excluding tert-OH is 1. The van der Waals surface area contributed by atoms with Crippen LogP contribution in [0.3, 0.4) is 0 Å². The van der Waals surface area contributed by atoms with Crippen molar-refractivity contribution >= 4 is 0 Å². The van der Waals surface area contributed by atoms with E-state index in [2.05, 4.69) is 17.2 Å². The summed E-state index contributed by atoms with van der Waals surface area (Å²) in [5, 5.41) is 16.9. The largest absolute Gasteiger partial charge is 0.390 e. The topological polar surface area (TPSA) is 60.2 Å². The molecule has 0 spiro atoms. The van der Waals surface area contributed by atoms with Gasteiger partial charge in [-0.05, 0) is 6.42 Å². The SMILES string of the molecule is CCCc1c(CO)nnn1CCOC. The predicted octanol–water partition coefficient (Wildman–Crippen LogP) is 0.369. The third kappa shape index (κ3) is 2.52. The number of nitrogens with zero attached hydrogens (tertiary/aromatic N) is 3. The van der Waals surface area contributed by atoms with E-state index in [0.29, 0.717) is 18.8 Å². The van der Waals surface area contributed by atoms with E-state index in [0.717, 1.165) is 18.5 Å². The number of hydrogen-bond acceptors (Lipinski definition) is 4. The zero-order valence-corrected chi connectivity index (χ0v) is 8.73. The summed E-state index contributed by atoms with van der Waals surface area (Å²) in [5.41, 5.74) is 1.70. The van der Waals surface area contributed by atoms with Gasteiger partial charge in [0.05, 0.1) is 25.5 Å². The summed E-state index contributed by atoms with van der Waals surface area (Å²) in [6.45, 7) is 3.36. The van der Waals surface area contributed by atoms with Gasteiger partial charge in [-0.2, -0.15) is 0 Å². The first kappa shape index (κ1) is 11.1. The summed E-state index contributed by atoms with van der Waals surface area (Å²) in [5.74, 6) is 0. The highest BCUT2D eigenvalue weighted by molar-refractivity contribution is 5.09. The van der Waals surface area contributed by atoms with E-state index in [1.165, 1.54) is 0 Å². The quantitative estimate of drug-likeness (QED) is 0.719. The van der Waals surface area contributed by atoms with Crippen LogP contribution in [0.1, 0.15) is 24.7 Å². The van der Waals surface area contributed by atoms with Gasteiger partial charge < -0.3 is 9.84 Å². The van der Waals surface area contributed by atoms with Crippen LogP contribution in [0.15, 0.2) is 0 Å². The molecule has 1 aromatic heterocycles. The fraction of sp³-hybridized carbons (Fsp3) is 0.778. The van der Waals surface area contributed by atoms with Crippen molar-refractivity contribution in [3.63, 3.8) is 0 Å². The molecule has 0 saturated carbocycles. The molecule has 0 aliphatic carbocycles. The highest BCUT2D eigenvalue weighted by atomic mass is 16.5. The average Bonchev–Trinajstić information content (AvgIpc) is 2.58. The molecular weight excluding hydrogens is 182 g/mol. The smallest absolute Gasteiger partial charge is 0.111 e. The molecule has 1 aromatic rings. The Morgan fingerprint density at radius 3 is 2.86 bits per heavy atom. The molecule has 0 amide bonds. The van der Waals surface area contributed by atoms with Crippen LogP contribution in [0.4, 0.5) is 0 Å². The molecule has 0 radical (unpaired) electrons. The van der Waals surface area contributed by atoms with Gasteiger partial charge in [-0.25, -0.2) is 4.68 Å². The van der Waals surface area contributed by atoms with Crippen molar-refractivity contribution in [2.75, 3.05) is 13.7 Å².